The molecule has 0 aromatic carbocycles. The number of hydrogen-bond donors (Lipinski definition) is 1. The molecule has 1 aromatic heterocycles. The molecular formula is C14H21NO4. The van der Waals surface area contributed by atoms with Crippen LogP contribution in [0.1, 0.15) is 19.6 Å². The van der Waals surface area contributed by atoms with Crippen molar-refractivity contribution in [2.75, 3.05) is 13.2 Å². The van der Waals surface area contributed by atoms with E-state index < -0.39 is 6.09 Å². The highest BCUT2D eigenvalue weighted by atomic mass is 16.6. The predicted molar refractivity (Wildman–Crippen MR) is 71.5 cm³/mol. The summed E-state index contributed by atoms with van der Waals surface area (Å²) in [6.45, 7) is 7.68. The smallest absolute Gasteiger partial charge is 0.410 e. The van der Waals surface area contributed by atoms with Crippen LogP contribution >= 0.6 is 0 Å². The molecule has 0 aliphatic rings. The van der Waals surface area contributed by atoms with E-state index in [1.807, 2.05) is 13.8 Å². The second kappa shape index (κ2) is 7.63. The van der Waals surface area contributed by atoms with Gasteiger partial charge in [-0.15, -0.1) is 0 Å². The third-order valence-corrected chi connectivity index (χ3v) is 2.82. The number of carbonyl (C=O) groups is 1. The number of aliphatic hydroxyl groups is 1. The molecule has 1 atom stereocenters. The van der Waals surface area contributed by atoms with Gasteiger partial charge in [0.25, 0.3) is 0 Å². The molecule has 0 aliphatic carbocycles. The highest BCUT2D eigenvalue weighted by Crippen LogP contribution is 2.16. The normalized spacial score (nSPS) is 12.2. The Labute approximate surface area is 113 Å². The van der Waals surface area contributed by atoms with E-state index in [-0.39, 0.29) is 31.7 Å². The van der Waals surface area contributed by atoms with Gasteiger partial charge in [0, 0.05) is 0 Å². The van der Waals surface area contributed by atoms with Gasteiger partial charge in [-0.05, 0) is 18.1 Å². The maximum atomic E-state index is 12.0. The predicted octanol–water partition coefficient (Wildman–Crippen LogP) is 2.42. The van der Waals surface area contributed by atoms with Gasteiger partial charge in [-0.25, -0.2) is 4.79 Å². The van der Waals surface area contributed by atoms with Crippen LogP contribution in [0.5, 0.6) is 0 Å². The average molecular weight is 267 g/mol. The van der Waals surface area contributed by atoms with Crippen LogP contribution in [0.15, 0.2) is 35.5 Å². The van der Waals surface area contributed by atoms with Crippen LogP contribution in [-0.2, 0) is 11.3 Å². The molecule has 0 saturated carbocycles. The third kappa shape index (κ3) is 4.44. The molecule has 1 rings (SSSR count). The summed E-state index contributed by atoms with van der Waals surface area (Å²) in [5.74, 6) is 0.755. The summed E-state index contributed by atoms with van der Waals surface area (Å²) in [7, 11) is 0. The fourth-order valence-electron chi connectivity index (χ4n) is 1.77. The van der Waals surface area contributed by atoms with Crippen molar-refractivity contribution < 1.29 is 19.1 Å². The molecule has 19 heavy (non-hydrogen) atoms. The number of nitrogens with zero attached hydrogens (tertiary/aromatic N) is 1. The van der Waals surface area contributed by atoms with E-state index in [4.69, 9.17) is 9.15 Å². The monoisotopic (exact) mass is 267 g/mol. The molecule has 0 radical (unpaired) electrons. The van der Waals surface area contributed by atoms with Crippen molar-refractivity contribution in [2.45, 2.75) is 26.4 Å². The Kier molecular flexibility index (Phi) is 6.15. The quantitative estimate of drug-likeness (QED) is 0.771. The van der Waals surface area contributed by atoms with E-state index >= 15 is 0 Å². The van der Waals surface area contributed by atoms with E-state index in [1.54, 1.807) is 18.4 Å². The van der Waals surface area contributed by atoms with E-state index in [0.29, 0.717) is 5.76 Å². The summed E-state index contributed by atoms with van der Waals surface area (Å²) in [6.07, 6.45) is 2.57. The number of ether oxygens (including phenoxy) is 1. The van der Waals surface area contributed by atoms with Gasteiger partial charge in [0.1, 0.15) is 12.4 Å². The number of hydrogen-bond acceptors (Lipinski definition) is 4. The maximum Gasteiger partial charge on any atom is 0.410 e. The zero-order chi connectivity index (χ0) is 14.3. The molecule has 5 nitrogen and oxygen atoms in total. The van der Waals surface area contributed by atoms with E-state index in [1.165, 1.54) is 11.0 Å². The molecule has 106 valence electrons. The molecule has 0 fully saturated rings. The molecular weight excluding hydrogens is 246 g/mol. The van der Waals surface area contributed by atoms with Gasteiger partial charge in [0.15, 0.2) is 0 Å². The summed E-state index contributed by atoms with van der Waals surface area (Å²) in [6, 6.07) is 3.22. The first-order valence-corrected chi connectivity index (χ1v) is 6.27. The minimum Gasteiger partial charge on any atom is -0.467 e. The van der Waals surface area contributed by atoms with E-state index in [9.17, 15) is 9.90 Å². The molecule has 1 N–H and O–H groups in total. The Balaban J connectivity index is 2.82. The number of carbonyl (C=O) groups excluding carboxylic acids is 1. The second-order valence-electron chi connectivity index (χ2n) is 4.57. The Morgan fingerprint density at radius 1 is 1.63 bits per heavy atom. The fraction of sp³-hybridized carbons (Fsp3) is 0.500. The lowest BCUT2D eigenvalue weighted by Crippen LogP contribution is -2.45. The first-order chi connectivity index (χ1) is 9.10. The van der Waals surface area contributed by atoms with Gasteiger partial charge < -0.3 is 14.3 Å². The third-order valence-electron chi connectivity index (χ3n) is 2.82. The standard InChI is InChI=1S/C14H21NO4/c1-4-7-19-14(17)15(13(10-16)11(2)3)9-12-6-5-8-18-12/h4-6,8,11,13,16H,1,7,9-10H2,2-3H3. The van der Waals surface area contributed by atoms with E-state index in [2.05, 4.69) is 6.58 Å². The number of amides is 1. The summed E-state index contributed by atoms with van der Waals surface area (Å²) in [4.78, 5) is 13.5. The lowest BCUT2D eigenvalue weighted by molar-refractivity contribution is 0.0529. The molecule has 0 bridgehead atoms. The molecule has 1 unspecified atom stereocenters. The van der Waals surface area contributed by atoms with Crippen molar-refractivity contribution >= 4 is 6.09 Å². The molecule has 5 heteroatoms. The Morgan fingerprint density at radius 3 is 2.84 bits per heavy atom. The zero-order valence-corrected chi connectivity index (χ0v) is 11.4. The van der Waals surface area contributed by atoms with Gasteiger partial charge in [-0.3, -0.25) is 4.90 Å². The van der Waals surface area contributed by atoms with Gasteiger partial charge in [0.2, 0.25) is 0 Å². The van der Waals surface area contributed by atoms with Crippen molar-refractivity contribution in [3.05, 3.63) is 36.8 Å². The first-order valence-electron chi connectivity index (χ1n) is 6.27. The van der Waals surface area contributed by atoms with Crippen LogP contribution in [0, 0.1) is 5.92 Å². The van der Waals surface area contributed by atoms with Crippen LogP contribution in [-0.4, -0.2) is 35.4 Å². The minimum absolute atomic E-state index is 0.108. The van der Waals surface area contributed by atoms with Crippen molar-refractivity contribution in [2.24, 2.45) is 5.92 Å². The van der Waals surface area contributed by atoms with Gasteiger partial charge in [-0.1, -0.05) is 26.5 Å². The summed E-state index contributed by atoms with van der Waals surface area (Å²) in [5.41, 5.74) is 0. The molecule has 1 aromatic rings. The van der Waals surface area contributed by atoms with Crippen LogP contribution < -0.4 is 0 Å². The Hall–Kier alpha value is -1.75. The molecule has 1 amide bonds. The van der Waals surface area contributed by atoms with Gasteiger partial charge in [0.05, 0.1) is 25.5 Å². The Morgan fingerprint density at radius 2 is 2.37 bits per heavy atom. The summed E-state index contributed by atoms with van der Waals surface area (Å²) >= 11 is 0. The summed E-state index contributed by atoms with van der Waals surface area (Å²) < 4.78 is 10.3. The number of furan rings is 1. The van der Waals surface area contributed by atoms with Gasteiger partial charge >= 0.3 is 6.09 Å². The molecule has 0 aliphatic heterocycles. The maximum absolute atomic E-state index is 12.0. The van der Waals surface area contributed by atoms with Crippen LogP contribution in [0.4, 0.5) is 4.79 Å². The van der Waals surface area contributed by atoms with Crippen molar-refractivity contribution in [3.63, 3.8) is 0 Å². The van der Waals surface area contributed by atoms with Crippen molar-refractivity contribution in [1.29, 1.82) is 0 Å². The minimum atomic E-state index is -0.482. The molecule has 1 heterocycles. The van der Waals surface area contributed by atoms with Crippen molar-refractivity contribution in [3.8, 4) is 0 Å². The van der Waals surface area contributed by atoms with E-state index in [0.717, 1.165) is 0 Å². The second-order valence-corrected chi connectivity index (χ2v) is 4.57. The highest BCUT2D eigenvalue weighted by Gasteiger charge is 2.27. The topological polar surface area (TPSA) is 62.9 Å². The first kappa shape index (κ1) is 15.3. The largest absolute Gasteiger partial charge is 0.467 e. The van der Waals surface area contributed by atoms with Crippen LogP contribution in [0.2, 0.25) is 0 Å². The summed E-state index contributed by atoms with van der Waals surface area (Å²) in [5, 5.41) is 9.47. The lowest BCUT2D eigenvalue weighted by atomic mass is 10.0. The number of rotatable bonds is 7. The zero-order valence-electron chi connectivity index (χ0n) is 11.4. The fourth-order valence-corrected chi connectivity index (χ4v) is 1.77. The van der Waals surface area contributed by atoms with Crippen LogP contribution in [0.25, 0.3) is 0 Å². The van der Waals surface area contributed by atoms with Crippen LogP contribution in [0.3, 0.4) is 0 Å². The SMILES string of the molecule is C=CCOC(=O)N(Cc1ccco1)C(CO)C(C)C. The Bertz CT molecular complexity index is 386. The average Bonchev–Trinajstić information content (AvgIpc) is 2.88. The van der Waals surface area contributed by atoms with Crippen molar-refractivity contribution in [1.82, 2.24) is 4.90 Å². The molecule has 0 saturated heterocycles. The lowest BCUT2D eigenvalue weighted by Gasteiger charge is -2.31. The van der Waals surface area contributed by atoms with Gasteiger partial charge in [-0.2, -0.15) is 0 Å². The number of aliphatic hydroxyl groups excluding tert-OH is 1. The highest BCUT2D eigenvalue weighted by molar-refractivity contribution is 5.68. The molecule has 0 spiro atoms.